The highest BCUT2D eigenvalue weighted by Crippen LogP contribution is 2.31. The minimum atomic E-state index is -0.303. The summed E-state index contributed by atoms with van der Waals surface area (Å²) in [5.74, 6) is 0.204. The fraction of sp³-hybridized carbons (Fsp3) is 0.333. The normalized spacial score (nSPS) is 11.7. The van der Waals surface area contributed by atoms with Crippen molar-refractivity contribution in [2.75, 3.05) is 17.7 Å². The van der Waals surface area contributed by atoms with E-state index in [0.29, 0.717) is 28.2 Å². The second-order valence-electron chi connectivity index (χ2n) is 5.64. The van der Waals surface area contributed by atoms with Crippen molar-refractivity contribution in [3.05, 3.63) is 46.7 Å². The maximum absolute atomic E-state index is 12.5. The third-order valence-corrected chi connectivity index (χ3v) is 4.15. The van der Waals surface area contributed by atoms with E-state index in [1.54, 1.807) is 24.4 Å². The summed E-state index contributed by atoms with van der Waals surface area (Å²) in [7, 11) is 1.53. The molecule has 2 aromatic rings. The standard InChI is InChI=1S/C18H22ClN3O2/c1-5-12(3)21-13-6-7-20-16(9-13)18(23)22-15-8-11(2)14(19)10-17(15)24-4/h6-10,12H,5H2,1-4H3,(H,20,21)(H,22,23). The lowest BCUT2D eigenvalue weighted by atomic mass is 10.2. The molecule has 24 heavy (non-hydrogen) atoms. The molecule has 1 amide bonds. The first-order valence-electron chi connectivity index (χ1n) is 7.82. The first-order chi connectivity index (χ1) is 11.4. The van der Waals surface area contributed by atoms with Crippen LogP contribution in [0.1, 0.15) is 36.3 Å². The van der Waals surface area contributed by atoms with Gasteiger partial charge in [-0.3, -0.25) is 9.78 Å². The summed E-state index contributed by atoms with van der Waals surface area (Å²) in [5.41, 5.74) is 2.61. The summed E-state index contributed by atoms with van der Waals surface area (Å²) < 4.78 is 5.28. The van der Waals surface area contributed by atoms with E-state index in [1.165, 1.54) is 7.11 Å². The highest BCUT2D eigenvalue weighted by atomic mass is 35.5. The Balaban J connectivity index is 2.21. The highest BCUT2D eigenvalue weighted by Gasteiger charge is 2.13. The van der Waals surface area contributed by atoms with Crippen molar-refractivity contribution in [3.8, 4) is 5.75 Å². The van der Waals surface area contributed by atoms with E-state index in [2.05, 4.69) is 29.5 Å². The Kier molecular flexibility index (Phi) is 6.04. The number of nitrogens with one attached hydrogen (secondary N) is 2. The van der Waals surface area contributed by atoms with E-state index >= 15 is 0 Å². The number of nitrogens with zero attached hydrogens (tertiary/aromatic N) is 1. The maximum Gasteiger partial charge on any atom is 0.274 e. The predicted octanol–water partition coefficient (Wildman–Crippen LogP) is 4.51. The molecule has 0 aliphatic rings. The topological polar surface area (TPSA) is 63.2 Å². The molecular formula is C18H22ClN3O2. The van der Waals surface area contributed by atoms with Gasteiger partial charge in [0.05, 0.1) is 12.8 Å². The number of carbonyl (C=O) groups excluding carboxylic acids is 1. The third kappa shape index (κ3) is 4.38. The van der Waals surface area contributed by atoms with Crippen LogP contribution in [0.4, 0.5) is 11.4 Å². The van der Waals surface area contributed by atoms with Crippen molar-refractivity contribution < 1.29 is 9.53 Å². The Morgan fingerprint density at radius 1 is 1.38 bits per heavy atom. The maximum atomic E-state index is 12.5. The highest BCUT2D eigenvalue weighted by molar-refractivity contribution is 6.31. The summed E-state index contributed by atoms with van der Waals surface area (Å²) in [6.07, 6.45) is 2.61. The van der Waals surface area contributed by atoms with Crippen molar-refractivity contribution in [2.45, 2.75) is 33.2 Å². The van der Waals surface area contributed by atoms with Gasteiger partial charge in [-0.15, -0.1) is 0 Å². The number of ether oxygens (including phenoxy) is 1. The van der Waals surface area contributed by atoms with E-state index in [1.807, 2.05) is 13.0 Å². The van der Waals surface area contributed by atoms with E-state index in [0.717, 1.165) is 17.7 Å². The van der Waals surface area contributed by atoms with Crippen molar-refractivity contribution >= 4 is 28.9 Å². The number of rotatable bonds is 6. The van der Waals surface area contributed by atoms with Crippen LogP contribution in [0.3, 0.4) is 0 Å². The van der Waals surface area contributed by atoms with E-state index in [-0.39, 0.29) is 5.91 Å². The minimum Gasteiger partial charge on any atom is -0.495 e. The third-order valence-electron chi connectivity index (χ3n) is 3.75. The zero-order valence-electron chi connectivity index (χ0n) is 14.3. The molecule has 1 aromatic heterocycles. The number of halogens is 1. The zero-order chi connectivity index (χ0) is 17.7. The number of methoxy groups -OCH3 is 1. The van der Waals surface area contributed by atoms with Gasteiger partial charge in [0, 0.05) is 29.0 Å². The fourth-order valence-corrected chi connectivity index (χ4v) is 2.30. The van der Waals surface area contributed by atoms with Crippen molar-refractivity contribution in [1.82, 2.24) is 4.98 Å². The molecule has 2 N–H and O–H groups in total. The second-order valence-corrected chi connectivity index (χ2v) is 6.05. The molecule has 2 rings (SSSR count). The summed E-state index contributed by atoms with van der Waals surface area (Å²) in [5, 5.41) is 6.74. The van der Waals surface area contributed by atoms with Crippen molar-refractivity contribution in [1.29, 1.82) is 0 Å². The number of carbonyl (C=O) groups is 1. The van der Waals surface area contributed by atoms with Gasteiger partial charge >= 0.3 is 0 Å². The molecule has 1 heterocycles. The SMILES string of the molecule is CCC(C)Nc1ccnc(C(=O)Nc2cc(C)c(Cl)cc2OC)c1. The van der Waals surface area contributed by atoms with Gasteiger partial charge < -0.3 is 15.4 Å². The molecule has 1 atom stereocenters. The number of hydrogen-bond donors (Lipinski definition) is 2. The number of aryl methyl sites for hydroxylation is 1. The largest absolute Gasteiger partial charge is 0.495 e. The van der Waals surface area contributed by atoms with E-state index in [4.69, 9.17) is 16.3 Å². The van der Waals surface area contributed by atoms with Crippen LogP contribution in [0.5, 0.6) is 5.75 Å². The second kappa shape index (κ2) is 8.02. The van der Waals surface area contributed by atoms with Crippen LogP contribution in [0, 0.1) is 6.92 Å². The molecule has 0 saturated carbocycles. The average molecular weight is 348 g/mol. The molecule has 0 bridgehead atoms. The van der Waals surface area contributed by atoms with Gasteiger partial charge in [0.1, 0.15) is 11.4 Å². The van der Waals surface area contributed by atoms with Gasteiger partial charge in [-0.1, -0.05) is 18.5 Å². The molecular weight excluding hydrogens is 326 g/mol. The predicted molar refractivity (Wildman–Crippen MR) is 98.3 cm³/mol. The Labute approximate surface area is 147 Å². The molecule has 128 valence electrons. The Bertz CT molecular complexity index is 734. The van der Waals surface area contributed by atoms with Gasteiger partial charge in [0.2, 0.25) is 0 Å². The van der Waals surface area contributed by atoms with Crippen LogP contribution in [0.25, 0.3) is 0 Å². The monoisotopic (exact) mass is 347 g/mol. The summed E-state index contributed by atoms with van der Waals surface area (Å²) in [6, 6.07) is 7.36. The van der Waals surface area contributed by atoms with Gasteiger partial charge in [0.25, 0.3) is 5.91 Å². The van der Waals surface area contributed by atoms with Crippen molar-refractivity contribution in [3.63, 3.8) is 0 Å². The Morgan fingerprint density at radius 2 is 2.12 bits per heavy atom. The molecule has 0 fully saturated rings. The van der Waals surface area contributed by atoms with Crippen LogP contribution in [-0.2, 0) is 0 Å². The van der Waals surface area contributed by atoms with E-state index in [9.17, 15) is 4.79 Å². The quantitative estimate of drug-likeness (QED) is 0.806. The number of amides is 1. The number of anilines is 2. The van der Waals surface area contributed by atoms with Crippen molar-refractivity contribution in [2.24, 2.45) is 0 Å². The Hall–Kier alpha value is -2.27. The molecule has 0 saturated heterocycles. The van der Waals surface area contributed by atoms with Crippen LogP contribution in [0.15, 0.2) is 30.5 Å². The van der Waals surface area contributed by atoms with Crippen LogP contribution < -0.4 is 15.4 Å². The molecule has 6 heteroatoms. The fourth-order valence-electron chi connectivity index (χ4n) is 2.15. The zero-order valence-corrected chi connectivity index (χ0v) is 15.1. The first kappa shape index (κ1) is 18.1. The molecule has 5 nitrogen and oxygen atoms in total. The van der Waals surface area contributed by atoms with Gasteiger partial charge in [-0.05, 0) is 44.0 Å². The molecule has 1 unspecified atom stereocenters. The lowest BCUT2D eigenvalue weighted by molar-refractivity contribution is 0.102. The lowest BCUT2D eigenvalue weighted by Gasteiger charge is -2.14. The molecule has 0 aliphatic heterocycles. The lowest BCUT2D eigenvalue weighted by Crippen LogP contribution is -2.17. The molecule has 0 radical (unpaired) electrons. The molecule has 0 spiro atoms. The summed E-state index contributed by atoms with van der Waals surface area (Å²) in [6.45, 7) is 6.05. The van der Waals surface area contributed by atoms with E-state index < -0.39 is 0 Å². The van der Waals surface area contributed by atoms with Crippen LogP contribution >= 0.6 is 11.6 Å². The molecule has 1 aromatic carbocycles. The average Bonchev–Trinajstić information content (AvgIpc) is 2.58. The first-order valence-corrected chi connectivity index (χ1v) is 8.20. The smallest absolute Gasteiger partial charge is 0.274 e. The van der Waals surface area contributed by atoms with Crippen LogP contribution in [-0.4, -0.2) is 24.0 Å². The van der Waals surface area contributed by atoms with Gasteiger partial charge in [0.15, 0.2) is 0 Å². The van der Waals surface area contributed by atoms with Gasteiger partial charge in [-0.25, -0.2) is 0 Å². The number of aromatic nitrogens is 1. The minimum absolute atomic E-state index is 0.303. The van der Waals surface area contributed by atoms with Gasteiger partial charge in [-0.2, -0.15) is 0 Å². The van der Waals surface area contributed by atoms with Crippen LogP contribution in [0.2, 0.25) is 5.02 Å². The number of benzene rings is 1. The number of pyridine rings is 1. The molecule has 0 aliphatic carbocycles. The summed E-state index contributed by atoms with van der Waals surface area (Å²) in [4.78, 5) is 16.6. The summed E-state index contributed by atoms with van der Waals surface area (Å²) >= 11 is 6.09. The Morgan fingerprint density at radius 3 is 2.79 bits per heavy atom. The number of hydrogen-bond acceptors (Lipinski definition) is 4.